The third kappa shape index (κ3) is 3.31. The van der Waals surface area contributed by atoms with Crippen LogP contribution in [-0.4, -0.2) is 11.4 Å². The second-order valence-corrected chi connectivity index (χ2v) is 5.18. The Bertz CT molecular complexity index is 879. The van der Waals surface area contributed by atoms with Crippen LogP contribution in [0.3, 0.4) is 0 Å². The van der Waals surface area contributed by atoms with Crippen molar-refractivity contribution in [1.82, 2.24) is 5.16 Å². The Morgan fingerprint density at radius 2 is 1.87 bits per heavy atom. The molecule has 23 heavy (non-hydrogen) atoms. The molecule has 1 aromatic heterocycles. The molecule has 0 radical (unpaired) electrons. The van der Waals surface area contributed by atoms with E-state index < -0.39 is 0 Å². The van der Waals surface area contributed by atoms with Crippen LogP contribution in [0, 0.1) is 11.3 Å². The first kappa shape index (κ1) is 15.0. The zero-order valence-electron chi connectivity index (χ0n) is 12.1. The van der Waals surface area contributed by atoms with Gasteiger partial charge in [-0.2, -0.15) is 5.26 Å². The van der Waals surface area contributed by atoms with Crippen LogP contribution in [0.5, 0.6) is 0 Å². The highest BCUT2D eigenvalue weighted by Gasteiger charge is 2.18. The van der Waals surface area contributed by atoms with E-state index in [4.69, 9.17) is 16.1 Å². The Labute approximate surface area is 138 Å². The SMILES string of the molecule is N#Cc1c(-c2ccccc2Cl)noc1CC=Nc1ccccc1. The molecule has 0 N–H and O–H groups in total. The minimum atomic E-state index is 0.384. The normalized spacial score (nSPS) is 10.8. The zero-order chi connectivity index (χ0) is 16.1. The van der Waals surface area contributed by atoms with Gasteiger partial charge in [0.2, 0.25) is 0 Å². The Kier molecular flexibility index (Phi) is 4.51. The third-order valence-electron chi connectivity index (χ3n) is 3.28. The van der Waals surface area contributed by atoms with Crippen LogP contribution in [-0.2, 0) is 6.42 Å². The third-order valence-corrected chi connectivity index (χ3v) is 3.61. The molecule has 3 aromatic rings. The maximum Gasteiger partial charge on any atom is 0.160 e. The van der Waals surface area contributed by atoms with Crippen molar-refractivity contribution in [3.05, 3.63) is 70.9 Å². The molecule has 4 nitrogen and oxygen atoms in total. The Balaban J connectivity index is 1.86. The molecule has 0 aliphatic rings. The number of aliphatic imine (C=N–C) groups is 1. The molecular formula is C18H12ClN3O. The van der Waals surface area contributed by atoms with Crippen molar-refractivity contribution in [3.8, 4) is 17.3 Å². The molecule has 112 valence electrons. The van der Waals surface area contributed by atoms with Crippen LogP contribution in [0.4, 0.5) is 5.69 Å². The molecule has 2 aromatic carbocycles. The molecule has 0 fully saturated rings. The summed E-state index contributed by atoms with van der Waals surface area (Å²) < 4.78 is 5.31. The fourth-order valence-corrected chi connectivity index (χ4v) is 2.39. The second kappa shape index (κ2) is 6.91. The van der Waals surface area contributed by atoms with Gasteiger partial charge in [-0.05, 0) is 18.2 Å². The van der Waals surface area contributed by atoms with Crippen molar-refractivity contribution < 1.29 is 4.52 Å². The minimum absolute atomic E-state index is 0.384. The summed E-state index contributed by atoms with van der Waals surface area (Å²) in [5.74, 6) is 0.474. The Hall–Kier alpha value is -2.90. The molecule has 0 bridgehead atoms. The van der Waals surface area contributed by atoms with Gasteiger partial charge in [0.05, 0.1) is 10.7 Å². The van der Waals surface area contributed by atoms with E-state index in [0.29, 0.717) is 34.0 Å². The number of nitrogens with zero attached hydrogens (tertiary/aromatic N) is 3. The maximum absolute atomic E-state index is 9.42. The monoisotopic (exact) mass is 321 g/mol. The zero-order valence-corrected chi connectivity index (χ0v) is 12.9. The number of halogens is 1. The van der Waals surface area contributed by atoms with E-state index in [9.17, 15) is 5.26 Å². The lowest BCUT2D eigenvalue weighted by Gasteiger charge is -1.99. The van der Waals surface area contributed by atoms with E-state index in [1.165, 1.54) is 0 Å². The van der Waals surface area contributed by atoms with Crippen molar-refractivity contribution in [1.29, 1.82) is 5.26 Å². The number of para-hydroxylation sites is 1. The van der Waals surface area contributed by atoms with Gasteiger partial charge in [-0.15, -0.1) is 0 Å². The van der Waals surface area contributed by atoms with Crippen LogP contribution in [0.25, 0.3) is 11.3 Å². The van der Waals surface area contributed by atoms with Gasteiger partial charge < -0.3 is 4.52 Å². The van der Waals surface area contributed by atoms with Crippen molar-refractivity contribution in [2.24, 2.45) is 4.99 Å². The summed E-state index contributed by atoms with van der Waals surface area (Å²) in [6.45, 7) is 0. The summed E-state index contributed by atoms with van der Waals surface area (Å²) in [5.41, 5.74) is 2.37. The maximum atomic E-state index is 9.42. The van der Waals surface area contributed by atoms with E-state index in [0.717, 1.165) is 5.69 Å². The van der Waals surface area contributed by atoms with Crippen LogP contribution < -0.4 is 0 Å². The molecule has 5 heteroatoms. The quantitative estimate of drug-likeness (QED) is 0.648. The predicted octanol–water partition coefficient (Wildman–Crippen LogP) is 4.81. The van der Waals surface area contributed by atoms with Gasteiger partial charge in [0.15, 0.2) is 5.76 Å². The standard InChI is InChI=1S/C18H12ClN3O/c19-16-9-5-4-8-14(16)18-15(12-20)17(23-22-18)10-11-21-13-6-2-1-3-7-13/h1-9,11H,10H2. The smallest absolute Gasteiger partial charge is 0.160 e. The van der Waals surface area contributed by atoms with Gasteiger partial charge in [0.1, 0.15) is 17.3 Å². The van der Waals surface area contributed by atoms with Crippen molar-refractivity contribution >= 4 is 23.5 Å². The van der Waals surface area contributed by atoms with Gasteiger partial charge in [0.25, 0.3) is 0 Å². The number of rotatable bonds is 4. The lowest BCUT2D eigenvalue weighted by molar-refractivity contribution is 0.395. The van der Waals surface area contributed by atoms with Crippen LogP contribution >= 0.6 is 11.6 Å². The van der Waals surface area contributed by atoms with Crippen molar-refractivity contribution in [2.75, 3.05) is 0 Å². The first-order valence-corrected chi connectivity index (χ1v) is 7.38. The molecule has 3 rings (SSSR count). The van der Waals surface area contributed by atoms with Gasteiger partial charge in [-0.3, -0.25) is 4.99 Å². The molecule has 0 aliphatic heterocycles. The van der Waals surface area contributed by atoms with E-state index in [2.05, 4.69) is 16.2 Å². The number of hydrogen-bond donors (Lipinski definition) is 0. The fraction of sp³-hybridized carbons (Fsp3) is 0.0556. The lowest BCUT2D eigenvalue weighted by Crippen LogP contribution is -1.89. The van der Waals surface area contributed by atoms with Gasteiger partial charge in [-0.25, -0.2) is 0 Å². The molecule has 0 aliphatic carbocycles. The highest BCUT2D eigenvalue weighted by molar-refractivity contribution is 6.33. The Morgan fingerprint density at radius 1 is 1.13 bits per heavy atom. The Morgan fingerprint density at radius 3 is 2.61 bits per heavy atom. The fourth-order valence-electron chi connectivity index (χ4n) is 2.16. The average Bonchev–Trinajstić information content (AvgIpc) is 2.99. The number of nitriles is 1. The molecule has 0 amide bonds. The van der Waals surface area contributed by atoms with Crippen LogP contribution in [0.15, 0.2) is 64.1 Å². The van der Waals surface area contributed by atoms with Crippen LogP contribution in [0.2, 0.25) is 5.02 Å². The van der Waals surface area contributed by atoms with Crippen LogP contribution in [0.1, 0.15) is 11.3 Å². The summed E-state index contributed by atoms with van der Waals surface area (Å²) in [5, 5.41) is 13.9. The summed E-state index contributed by atoms with van der Waals surface area (Å²) in [4.78, 5) is 4.33. The summed E-state index contributed by atoms with van der Waals surface area (Å²) in [6.07, 6.45) is 2.09. The van der Waals surface area contributed by atoms with E-state index in [1.54, 1.807) is 12.3 Å². The van der Waals surface area contributed by atoms with Gasteiger partial charge in [0, 0.05) is 18.2 Å². The second-order valence-electron chi connectivity index (χ2n) is 4.77. The van der Waals surface area contributed by atoms with E-state index in [1.807, 2.05) is 48.5 Å². The topological polar surface area (TPSA) is 62.2 Å². The first-order chi connectivity index (χ1) is 11.3. The molecule has 0 saturated heterocycles. The van der Waals surface area contributed by atoms with E-state index >= 15 is 0 Å². The molecule has 0 spiro atoms. The molecule has 0 saturated carbocycles. The minimum Gasteiger partial charge on any atom is -0.359 e. The highest BCUT2D eigenvalue weighted by Crippen LogP contribution is 2.30. The van der Waals surface area contributed by atoms with Crippen molar-refractivity contribution in [2.45, 2.75) is 6.42 Å². The summed E-state index contributed by atoms with van der Waals surface area (Å²) in [7, 11) is 0. The summed E-state index contributed by atoms with van der Waals surface area (Å²) >= 11 is 6.16. The molecule has 0 unspecified atom stereocenters. The molecule has 0 atom stereocenters. The largest absolute Gasteiger partial charge is 0.359 e. The number of aromatic nitrogens is 1. The summed E-state index contributed by atoms with van der Waals surface area (Å²) in [6, 6.07) is 18.9. The molecular weight excluding hydrogens is 310 g/mol. The average molecular weight is 322 g/mol. The molecule has 1 heterocycles. The van der Waals surface area contributed by atoms with Crippen molar-refractivity contribution in [3.63, 3.8) is 0 Å². The highest BCUT2D eigenvalue weighted by atomic mass is 35.5. The predicted molar refractivity (Wildman–Crippen MR) is 90.0 cm³/mol. The first-order valence-electron chi connectivity index (χ1n) is 7.00. The lowest BCUT2D eigenvalue weighted by atomic mass is 10.1. The van der Waals surface area contributed by atoms with Gasteiger partial charge in [-0.1, -0.05) is 53.2 Å². The van der Waals surface area contributed by atoms with Gasteiger partial charge >= 0.3 is 0 Å². The van der Waals surface area contributed by atoms with E-state index in [-0.39, 0.29) is 0 Å². The number of benzene rings is 2. The number of hydrogen-bond acceptors (Lipinski definition) is 4.